The minimum absolute atomic E-state index is 0. The number of nitrogens with one attached hydrogen (secondary N) is 1. The summed E-state index contributed by atoms with van der Waals surface area (Å²) in [5.74, 6) is -0.698. The van der Waals surface area contributed by atoms with E-state index >= 15 is 0 Å². The molecule has 1 aromatic heterocycles. The van der Waals surface area contributed by atoms with E-state index in [0.29, 0.717) is 22.8 Å². The Morgan fingerprint density at radius 1 is 1.29 bits per heavy atom. The highest BCUT2D eigenvalue weighted by Gasteiger charge is 2.20. The van der Waals surface area contributed by atoms with Gasteiger partial charge in [0, 0.05) is 23.6 Å². The molecule has 2 amide bonds. The molecule has 1 aromatic carbocycles. The van der Waals surface area contributed by atoms with Crippen molar-refractivity contribution in [1.82, 2.24) is 4.57 Å². The lowest BCUT2D eigenvalue weighted by molar-refractivity contribution is -0.150. The Hall–Kier alpha value is -2.20. The van der Waals surface area contributed by atoms with Crippen LogP contribution >= 0.6 is 35.3 Å². The number of rotatable bonds is 8. The number of thiazole rings is 1. The van der Waals surface area contributed by atoms with Gasteiger partial charge in [-0.05, 0) is 42.9 Å². The second kappa shape index (κ2) is 13.0. The fourth-order valence-corrected chi connectivity index (χ4v) is 4.51. The fraction of sp³-hybridized carbons (Fsp3) is 0.478. The van der Waals surface area contributed by atoms with E-state index in [1.165, 1.54) is 30.2 Å². The van der Waals surface area contributed by atoms with E-state index in [1.54, 1.807) is 28.3 Å². The normalized spacial score (nSPS) is 15.1. The maximum atomic E-state index is 12.7. The summed E-state index contributed by atoms with van der Waals surface area (Å²) in [5.41, 5.74) is 6.55. The standard InChI is InChI=1S/C23H29ClN4O4S.ClH/c1-14(2)20(25)22(31)32-13-28-9-10-33-23(28)27-21(30)16-7-8-18(17(24)12-16)26-19(29)11-15-5-3-4-6-15;/h7-10,12,14-15,20H,3-6,11,13,25H2,1-2H3,(H,26,29);1H. The lowest BCUT2D eigenvalue weighted by atomic mass is 10.0. The Bertz CT molecular complexity index is 1080. The largest absolute Gasteiger partial charge is 0.443 e. The van der Waals surface area contributed by atoms with Gasteiger partial charge in [0.2, 0.25) is 5.91 Å². The first-order valence-electron chi connectivity index (χ1n) is 11.0. The monoisotopic (exact) mass is 528 g/mol. The molecule has 0 spiro atoms. The zero-order valence-corrected chi connectivity index (χ0v) is 21.5. The molecule has 1 fully saturated rings. The Morgan fingerprint density at radius 3 is 2.65 bits per heavy atom. The van der Waals surface area contributed by atoms with Gasteiger partial charge in [-0.15, -0.1) is 23.7 Å². The number of aromatic nitrogens is 1. The predicted octanol–water partition coefficient (Wildman–Crippen LogP) is 4.37. The Balaban J connectivity index is 0.00000408. The third-order valence-electron chi connectivity index (χ3n) is 5.63. The summed E-state index contributed by atoms with van der Waals surface area (Å²) in [6, 6.07) is 3.95. The van der Waals surface area contributed by atoms with Crippen molar-refractivity contribution in [2.24, 2.45) is 22.6 Å². The number of carbonyl (C=O) groups is 3. The minimum atomic E-state index is -0.717. The number of amides is 2. The van der Waals surface area contributed by atoms with Gasteiger partial charge in [0.1, 0.15) is 6.04 Å². The van der Waals surface area contributed by atoms with Crippen molar-refractivity contribution in [3.8, 4) is 0 Å². The average Bonchev–Trinajstić information content (AvgIpc) is 3.44. The smallest absolute Gasteiger partial charge is 0.324 e. The Labute approximate surface area is 214 Å². The van der Waals surface area contributed by atoms with Gasteiger partial charge < -0.3 is 15.8 Å². The molecule has 34 heavy (non-hydrogen) atoms. The summed E-state index contributed by atoms with van der Waals surface area (Å²) >= 11 is 7.54. The topological polar surface area (TPSA) is 116 Å². The first-order valence-corrected chi connectivity index (χ1v) is 12.2. The molecule has 186 valence electrons. The number of benzene rings is 1. The van der Waals surface area contributed by atoms with Crippen molar-refractivity contribution >= 4 is 58.8 Å². The number of carbonyl (C=O) groups excluding carboxylic acids is 3. The molecule has 1 aliphatic rings. The first-order chi connectivity index (χ1) is 15.7. The van der Waals surface area contributed by atoms with Crippen LogP contribution in [0.2, 0.25) is 5.02 Å². The molecule has 1 aliphatic carbocycles. The van der Waals surface area contributed by atoms with Crippen LogP contribution in [0.4, 0.5) is 5.69 Å². The summed E-state index contributed by atoms with van der Waals surface area (Å²) in [6.45, 7) is 3.57. The van der Waals surface area contributed by atoms with Gasteiger partial charge in [-0.3, -0.25) is 19.0 Å². The number of nitrogens with two attached hydrogens (primary N) is 1. The first kappa shape index (κ1) is 28.0. The molecule has 1 saturated carbocycles. The van der Waals surface area contributed by atoms with E-state index in [-0.39, 0.29) is 41.5 Å². The molecule has 11 heteroatoms. The maximum Gasteiger partial charge on any atom is 0.324 e. The highest BCUT2D eigenvalue weighted by atomic mass is 35.5. The van der Waals surface area contributed by atoms with Crippen LogP contribution in [0.5, 0.6) is 0 Å². The lowest BCUT2D eigenvalue weighted by Crippen LogP contribution is -2.37. The van der Waals surface area contributed by atoms with Crippen LogP contribution in [0.1, 0.15) is 56.3 Å². The Kier molecular flexibility index (Phi) is 10.8. The molecule has 3 rings (SSSR count). The number of anilines is 1. The number of nitrogens with zero attached hydrogens (tertiary/aromatic N) is 2. The van der Waals surface area contributed by atoms with Crippen molar-refractivity contribution in [2.75, 3.05) is 5.32 Å². The molecule has 2 aromatic rings. The zero-order chi connectivity index (χ0) is 24.0. The van der Waals surface area contributed by atoms with Crippen LogP contribution in [-0.2, 0) is 21.1 Å². The number of esters is 1. The summed E-state index contributed by atoms with van der Waals surface area (Å²) in [6.07, 6.45) is 6.68. The van der Waals surface area contributed by atoms with E-state index in [4.69, 9.17) is 22.1 Å². The van der Waals surface area contributed by atoms with Crippen molar-refractivity contribution in [2.45, 2.75) is 58.7 Å². The van der Waals surface area contributed by atoms with E-state index in [0.717, 1.165) is 12.8 Å². The fourth-order valence-electron chi connectivity index (χ4n) is 3.57. The summed E-state index contributed by atoms with van der Waals surface area (Å²) in [4.78, 5) is 41.4. The van der Waals surface area contributed by atoms with Gasteiger partial charge in [-0.1, -0.05) is 38.3 Å². The molecule has 0 aliphatic heterocycles. The molecule has 0 saturated heterocycles. The minimum Gasteiger partial charge on any atom is -0.443 e. The highest BCUT2D eigenvalue weighted by Crippen LogP contribution is 2.29. The summed E-state index contributed by atoms with van der Waals surface area (Å²) < 4.78 is 6.78. The molecular weight excluding hydrogens is 499 g/mol. The quantitative estimate of drug-likeness (QED) is 0.493. The number of hydrogen-bond donors (Lipinski definition) is 2. The maximum absolute atomic E-state index is 12.7. The van der Waals surface area contributed by atoms with Crippen molar-refractivity contribution in [1.29, 1.82) is 0 Å². The van der Waals surface area contributed by atoms with Crippen molar-refractivity contribution < 1.29 is 19.1 Å². The Morgan fingerprint density at radius 2 is 2.00 bits per heavy atom. The molecule has 8 nitrogen and oxygen atoms in total. The number of hydrogen-bond acceptors (Lipinski definition) is 6. The second-order valence-electron chi connectivity index (χ2n) is 8.53. The van der Waals surface area contributed by atoms with Crippen molar-refractivity contribution in [3.05, 3.63) is 45.2 Å². The van der Waals surface area contributed by atoms with E-state index in [1.807, 2.05) is 13.8 Å². The van der Waals surface area contributed by atoms with Crippen LogP contribution in [0.3, 0.4) is 0 Å². The number of halogens is 2. The zero-order valence-electron chi connectivity index (χ0n) is 19.2. The van der Waals surface area contributed by atoms with Gasteiger partial charge in [-0.2, -0.15) is 4.99 Å². The van der Waals surface area contributed by atoms with Gasteiger partial charge in [0.05, 0.1) is 10.7 Å². The lowest BCUT2D eigenvalue weighted by Gasteiger charge is -2.14. The van der Waals surface area contributed by atoms with Gasteiger partial charge in [-0.25, -0.2) is 0 Å². The molecule has 1 unspecified atom stereocenters. The van der Waals surface area contributed by atoms with Gasteiger partial charge in [0.15, 0.2) is 11.5 Å². The van der Waals surface area contributed by atoms with Crippen LogP contribution < -0.4 is 15.9 Å². The molecule has 0 radical (unpaired) electrons. The molecular formula is C23H30Cl2N4O4S. The van der Waals surface area contributed by atoms with Crippen molar-refractivity contribution in [3.63, 3.8) is 0 Å². The summed E-state index contributed by atoms with van der Waals surface area (Å²) in [5, 5.41) is 4.83. The van der Waals surface area contributed by atoms with Crippen LogP contribution in [0, 0.1) is 11.8 Å². The third-order valence-corrected chi connectivity index (χ3v) is 6.74. The van der Waals surface area contributed by atoms with E-state index in [9.17, 15) is 14.4 Å². The SMILES string of the molecule is CC(C)C(N)C(=O)OCn1ccsc1=NC(=O)c1ccc(NC(=O)CC2CCCC2)c(Cl)c1.Cl. The van der Waals surface area contributed by atoms with Crippen LogP contribution in [0.25, 0.3) is 0 Å². The average molecular weight is 529 g/mol. The third kappa shape index (κ3) is 7.66. The molecule has 3 N–H and O–H groups in total. The predicted molar refractivity (Wildman–Crippen MR) is 135 cm³/mol. The van der Waals surface area contributed by atoms with Crippen LogP contribution in [0.15, 0.2) is 34.8 Å². The number of ether oxygens (including phenoxy) is 1. The van der Waals surface area contributed by atoms with E-state index in [2.05, 4.69) is 10.3 Å². The molecule has 1 atom stereocenters. The highest BCUT2D eigenvalue weighted by molar-refractivity contribution is 7.07. The molecule has 1 heterocycles. The van der Waals surface area contributed by atoms with Crippen LogP contribution in [-0.4, -0.2) is 28.4 Å². The second-order valence-corrected chi connectivity index (χ2v) is 9.81. The molecule has 0 bridgehead atoms. The summed E-state index contributed by atoms with van der Waals surface area (Å²) in [7, 11) is 0. The van der Waals surface area contributed by atoms with E-state index < -0.39 is 17.9 Å². The van der Waals surface area contributed by atoms with Gasteiger partial charge >= 0.3 is 5.97 Å². The van der Waals surface area contributed by atoms with Gasteiger partial charge in [0.25, 0.3) is 5.91 Å².